The highest BCUT2D eigenvalue weighted by atomic mass is 16.5. The molecule has 0 radical (unpaired) electrons. The van der Waals surface area contributed by atoms with Gasteiger partial charge in [-0.25, -0.2) is 4.79 Å². The Morgan fingerprint density at radius 1 is 1.27 bits per heavy atom. The van der Waals surface area contributed by atoms with Gasteiger partial charge in [-0.05, 0) is 42.7 Å². The smallest absolute Gasteiger partial charge is 0.333 e. The minimum atomic E-state index is -0.939. The number of carbonyl (C=O) groups is 1. The fourth-order valence-corrected chi connectivity index (χ4v) is 3.81. The van der Waals surface area contributed by atoms with Crippen molar-refractivity contribution in [2.24, 2.45) is 0 Å². The van der Waals surface area contributed by atoms with Gasteiger partial charge in [0.15, 0.2) is 6.10 Å². The van der Waals surface area contributed by atoms with Crippen LogP contribution >= 0.6 is 0 Å². The molecule has 2 atom stereocenters. The Morgan fingerprint density at radius 3 is 2.73 bits per heavy atom. The van der Waals surface area contributed by atoms with Gasteiger partial charge in [0.25, 0.3) is 0 Å². The zero-order valence-corrected chi connectivity index (χ0v) is 17.8. The number of carboxylic acids is 1. The highest BCUT2D eigenvalue weighted by Crippen LogP contribution is 2.34. The Hall–Kier alpha value is -2.73. The lowest BCUT2D eigenvalue weighted by molar-refractivity contribution is -0.148. The van der Waals surface area contributed by atoms with Crippen LogP contribution in [0.3, 0.4) is 0 Å². The number of para-hydroxylation sites is 2. The van der Waals surface area contributed by atoms with Crippen molar-refractivity contribution in [2.75, 3.05) is 37.0 Å². The van der Waals surface area contributed by atoms with Gasteiger partial charge in [0, 0.05) is 32.3 Å². The Morgan fingerprint density at radius 2 is 2.03 bits per heavy atom. The van der Waals surface area contributed by atoms with Gasteiger partial charge in [0.05, 0.1) is 12.2 Å². The fourth-order valence-electron chi connectivity index (χ4n) is 3.81. The number of anilines is 2. The van der Waals surface area contributed by atoms with E-state index in [2.05, 4.69) is 35.3 Å². The molecular weight excluding hydrogens is 380 g/mol. The van der Waals surface area contributed by atoms with Gasteiger partial charge in [-0.15, -0.1) is 0 Å². The highest BCUT2D eigenvalue weighted by molar-refractivity contribution is 5.72. The van der Waals surface area contributed by atoms with Gasteiger partial charge in [0.2, 0.25) is 0 Å². The van der Waals surface area contributed by atoms with E-state index in [1.807, 2.05) is 30.3 Å². The molecule has 0 spiro atoms. The van der Waals surface area contributed by atoms with Gasteiger partial charge in [-0.3, -0.25) is 0 Å². The van der Waals surface area contributed by atoms with E-state index >= 15 is 0 Å². The number of nitrogens with one attached hydrogen (secondary N) is 1. The summed E-state index contributed by atoms with van der Waals surface area (Å²) in [5.41, 5.74) is 3.16. The summed E-state index contributed by atoms with van der Waals surface area (Å²) >= 11 is 0. The number of rotatable bonds is 11. The van der Waals surface area contributed by atoms with Crippen molar-refractivity contribution in [1.82, 2.24) is 0 Å². The van der Waals surface area contributed by atoms with Crippen LogP contribution in [0.15, 0.2) is 48.5 Å². The van der Waals surface area contributed by atoms with Crippen LogP contribution in [0.5, 0.6) is 5.75 Å². The number of benzene rings is 2. The molecule has 162 valence electrons. The van der Waals surface area contributed by atoms with Crippen LogP contribution in [0.4, 0.5) is 11.4 Å². The molecular formula is C24H32N2O4. The third-order valence-electron chi connectivity index (χ3n) is 5.40. The van der Waals surface area contributed by atoms with Crippen LogP contribution in [0.25, 0.3) is 0 Å². The molecule has 2 aromatic rings. The van der Waals surface area contributed by atoms with Crippen molar-refractivity contribution in [3.8, 4) is 5.75 Å². The van der Waals surface area contributed by atoms with E-state index in [-0.39, 0.29) is 6.10 Å². The van der Waals surface area contributed by atoms with Crippen LogP contribution in [0.1, 0.15) is 31.7 Å². The number of nitrogens with zero attached hydrogens (tertiary/aromatic N) is 1. The van der Waals surface area contributed by atoms with Crippen molar-refractivity contribution in [1.29, 1.82) is 0 Å². The SMILES string of the molecule is CCCC1CN(CCCNc2ccc(CC(OC)C(=O)O)cc2)c2ccccc2O1. The zero-order chi connectivity index (χ0) is 21.3. The van der Waals surface area contributed by atoms with Gasteiger partial charge in [0.1, 0.15) is 11.9 Å². The summed E-state index contributed by atoms with van der Waals surface area (Å²) in [5.74, 6) is 0.0482. The summed E-state index contributed by atoms with van der Waals surface area (Å²) in [6, 6.07) is 16.2. The van der Waals surface area contributed by atoms with Crippen LogP contribution in [0.2, 0.25) is 0 Å². The first-order chi connectivity index (χ1) is 14.6. The molecule has 2 N–H and O–H groups in total. The second-order valence-electron chi connectivity index (χ2n) is 7.69. The van der Waals surface area contributed by atoms with E-state index < -0.39 is 12.1 Å². The van der Waals surface area contributed by atoms with E-state index in [1.165, 1.54) is 12.8 Å². The monoisotopic (exact) mass is 412 g/mol. The first-order valence-corrected chi connectivity index (χ1v) is 10.7. The molecule has 0 amide bonds. The molecule has 0 aliphatic carbocycles. The molecule has 30 heavy (non-hydrogen) atoms. The molecule has 0 bridgehead atoms. The summed E-state index contributed by atoms with van der Waals surface area (Å²) in [7, 11) is 1.42. The van der Waals surface area contributed by atoms with Crippen molar-refractivity contribution < 1.29 is 19.4 Å². The molecule has 6 heteroatoms. The molecule has 3 rings (SSSR count). The Bertz CT molecular complexity index is 809. The van der Waals surface area contributed by atoms with E-state index in [0.29, 0.717) is 6.42 Å². The summed E-state index contributed by atoms with van der Waals surface area (Å²) in [4.78, 5) is 13.5. The topological polar surface area (TPSA) is 71.0 Å². The normalized spacial score (nSPS) is 16.5. The van der Waals surface area contributed by atoms with Crippen LogP contribution in [-0.2, 0) is 16.0 Å². The van der Waals surface area contributed by atoms with E-state index in [4.69, 9.17) is 14.6 Å². The summed E-state index contributed by atoms with van der Waals surface area (Å²) in [6.07, 6.45) is 3.02. The summed E-state index contributed by atoms with van der Waals surface area (Å²) in [5, 5.41) is 12.6. The number of fused-ring (bicyclic) bond motifs is 1. The summed E-state index contributed by atoms with van der Waals surface area (Å²) < 4.78 is 11.1. The lowest BCUT2D eigenvalue weighted by Crippen LogP contribution is -2.40. The molecule has 6 nitrogen and oxygen atoms in total. The standard InChI is InChI=1S/C24H32N2O4/c1-3-7-20-17-26(21-8-4-5-9-22(21)30-20)15-6-14-25-19-12-10-18(11-13-19)16-23(29-2)24(27)28/h4-5,8-13,20,23,25H,3,6-7,14-17H2,1-2H3,(H,27,28). The third-order valence-corrected chi connectivity index (χ3v) is 5.40. The van der Waals surface area contributed by atoms with E-state index in [1.54, 1.807) is 0 Å². The van der Waals surface area contributed by atoms with Crippen molar-refractivity contribution in [3.63, 3.8) is 0 Å². The molecule has 1 heterocycles. The predicted octanol–water partition coefficient (Wildman–Crippen LogP) is 4.20. The van der Waals surface area contributed by atoms with Gasteiger partial charge < -0.3 is 24.8 Å². The van der Waals surface area contributed by atoms with E-state index in [9.17, 15) is 4.79 Å². The van der Waals surface area contributed by atoms with Crippen LogP contribution < -0.4 is 15.0 Å². The Labute approximate surface area is 178 Å². The number of ether oxygens (including phenoxy) is 2. The molecule has 0 fully saturated rings. The minimum absolute atomic E-state index is 0.257. The maximum atomic E-state index is 11.1. The number of hydrogen-bond acceptors (Lipinski definition) is 5. The second-order valence-corrected chi connectivity index (χ2v) is 7.69. The number of aliphatic carboxylic acids is 1. The molecule has 1 aliphatic heterocycles. The Balaban J connectivity index is 1.48. The predicted molar refractivity (Wildman–Crippen MR) is 120 cm³/mol. The summed E-state index contributed by atoms with van der Waals surface area (Å²) in [6.45, 7) is 4.97. The number of methoxy groups -OCH3 is 1. The molecule has 0 saturated heterocycles. The lowest BCUT2D eigenvalue weighted by atomic mass is 10.1. The molecule has 2 aromatic carbocycles. The third kappa shape index (κ3) is 5.89. The molecule has 0 aromatic heterocycles. The number of carboxylic acid groups (broad SMARTS) is 1. The zero-order valence-electron chi connectivity index (χ0n) is 17.8. The fraction of sp³-hybridized carbons (Fsp3) is 0.458. The highest BCUT2D eigenvalue weighted by Gasteiger charge is 2.24. The van der Waals surface area contributed by atoms with Crippen LogP contribution in [-0.4, -0.2) is 50.0 Å². The maximum Gasteiger partial charge on any atom is 0.333 e. The Kier molecular flexibility index (Phi) is 7.97. The molecule has 1 aliphatic rings. The van der Waals surface area contributed by atoms with Gasteiger partial charge >= 0.3 is 5.97 Å². The second kappa shape index (κ2) is 10.9. The average molecular weight is 413 g/mol. The average Bonchev–Trinajstić information content (AvgIpc) is 2.76. The van der Waals surface area contributed by atoms with Crippen molar-refractivity contribution in [2.45, 2.75) is 44.8 Å². The van der Waals surface area contributed by atoms with Crippen LogP contribution in [0, 0.1) is 0 Å². The minimum Gasteiger partial charge on any atom is -0.486 e. The van der Waals surface area contributed by atoms with Crippen molar-refractivity contribution in [3.05, 3.63) is 54.1 Å². The largest absolute Gasteiger partial charge is 0.486 e. The molecule has 0 saturated carbocycles. The molecule has 2 unspecified atom stereocenters. The number of hydrogen-bond donors (Lipinski definition) is 2. The quantitative estimate of drug-likeness (QED) is 0.539. The van der Waals surface area contributed by atoms with E-state index in [0.717, 1.165) is 55.9 Å². The first kappa shape index (κ1) is 22.0. The first-order valence-electron chi connectivity index (χ1n) is 10.7. The maximum absolute atomic E-state index is 11.1. The lowest BCUT2D eigenvalue weighted by Gasteiger charge is -2.36. The van der Waals surface area contributed by atoms with Crippen molar-refractivity contribution >= 4 is 17.3 Å². The van der Waals surface area contributed by atoms with Gasteiger partial charge in [-0.2, -0.15) is 0 Å². The van der Waals surface area contributed by atoms with Gasteiger partial charge in [-0.1, -0.05) is 37.6 Å².